The molecule has 0 saturated carbocycles. The predicted octanol–water partition coefficient (Wildman–Crippen LogP) is 7.93. The smallest absolute Gasteiger partial charge is 0.223 e. The molecule has 7 nitrogen and oxygen atoms in total. The van der Waals surface area contributed by atoms with E-state index in [1.165, 1.54) is 0 Å². The number of imidazole rings is 4. The summed E-state index contributed by atoms with van der Waals surface area (Å²) >= 11 is 0. The topological polar surface area (TPSA) is 65.3 Å². The van der Waals surface area contributed by atoms with Gasteiger partial charge in [0.25, 0.3) is 0 Å². The summed E-state index contributed by atoms with van der Waals surface area (Å²) in [6.07, 6.45) is 0. The first-order chi connectivity index (χ1) is 19.3. The van der Waals surface area contributed by atoms with Crippen molar-refractivity contribution in [3.8, 4) is 0 Å². The Hall–Kier alpha value is -5.56. The van der Waals surface area contributed by atoms with Crippen LogP contribution in [0.5, 0.6) is 0 Å². The van der Waals surface area contributed by atoms with E-state index in [4.69, 9.17) is 18.8 Å². The third kappa shape index (κ3) is 1.94. The van der Waals surface area contributed by atoms with E-state index in [1.807, 2.05) is 42.5 Å². The van der Waals surface area contributed by atoms with Crippen LogP contribution in [0, 0.1) is 0 Å². The third-order valence-electron chi connectivity index (χ3n) is 8.39. The normalized spacial score (nSPS) is 13.1. The van der Waals surface area contributed by atoms with Gasteiger partial charge < -0.3 is 8.83 Å². The molecule has 0 radical (unpaired) electrons. The number of furan rings is 2. The van der Waals surface area contributed by atoms with Gasteiger partial charge in [0.15, 0.2) is 5.58 Å². The van der Waals surface area contributed by atoms with Crippen molar-refractivity contribution in [2.24, 2.45) is 0 Å². The van der Waals surface area contributed by atoms with Crippen LogP contribution in [0.25, 0.3) is 94.0 Å². The Morgan fingerprint density at radius 3 is 2.15 bits per heavy atom. The summed E-state index contributed by atoms with van der Waals surface area (Å²) in [6.45, 7) is 0. The Labute approximate surface area is 217 Å². The lowest BCUT2D eigenvalue weighted by molar-refractivity contribution is 0.669. The Morgan fingerprint density at radius 2 is 1.26 bits per heavy atom. The van der Waals surface area contributed by atoms with Crippen LogP contribution in [-0.4, -0.2) is 23.2 Å². The molecule has 11 aromatic rings. The van der Waals surface area contributed by atoms with Gasteiger partial charge in [-0.15, -0.1) is 0 Å². The molecule has 5 aromatic carbocycles. The van der Waals surface area contributed by atoms with Crippen LogP contribution >= 0.6 is 0 Å². The van der Waals surface area contributed by atoms with Crippen molar-refractivity contribution in [3.63, 3.8) is 0 Å². The van der Waals surface area contributed by atoms with Gasteiger partial charge in [-0.1, -0.05) is 42.5 Å². The molecule has 0 bridgehead atoms. The number of hydrogen-bond acceptors (Lipinski definition) is 4. The molecule has 0 unspecified atom stereocenters. The average Bonchev–Trinajstić information content (AvgIpc) is 3.78. The van der Waals surface area contributed by atoms with Gasteiger partial charge in [0.1, 0.15) is 27.8 Å². The highest BCUT2D eigenvalue weighted by Crippen LogP contribution is 2.40. The van der Waals surface area contributed by atoms with Crippen LogP contribution in [-0.2, 0) is 0 Å². The predicted molar refractivity (Wildman–Crippen MR) is 153 cm³/mol. The molecule has 0 atom stereocenters. The minimum Gasteiger partial charge on any atom is -0.456 e. The van der Waals surface area contributed by atoms with Crippen LogP contribution in [0.4, 0.5) is 0 Å². The highest BCUT2D eigenvalue weighted by Gasteiger charge is 2.26. The molecule has 180 valence electrons. The maximum atomic E-state index is 6.34. The second-order valence-electron chi connectivity index (χ2n) is 10.3. The molecule has 0 aliphatic carbocycles. The second kappa shape index (κ2) is 5.95. The molecule has 0 spiro atoms. The van der Waals surface area contributed by atoms with Gasteiger partial charge in [0.2, 0.25) is 11.6 Å². The van der Waals surface area contributed by atoms with E-state index < -0.39 is 0 Å². The fourth-order valence-corrected chi connectivity index (χ4v) is 6.84. The lowest BCUT2D eigenvalue weighted by Crippen LogP contribution is -1.87. The van der Waals surface area contributed by atoms with E-state index in [0.29, 0.717) is 0 Å². The summed E-state index contributed by atoms with van der Waals surface area (Å²) in [7, 11) is 0. The number of aromatic nitrogens is 5. The van der Waals surface area contributed by atoms with Crippen molar-refractivity contribution in [3.05, 3.63) is 91.0 Å². The van der Waals surface area contributed by atoms with Crippen molar-refractivity contribution in [1.82, 2.24) is 23.2 Å². The molecule has 6 heterocycles. The first-order valence-electron chi connectivity index (χ1n) is 12.9. The monoisotopic (exact) mass is 501 g/mol. The first-order valence-corrected chi connectivity index (χ1v) is 12.9. The highest BCUT2D eigenvalue weighted by atomic mass is 16.3. The van der Waals surface area contributed by atoms with E-state index in [-0.39, 0.29) is 0 Å². The van der Waals surface area contributed by atoms with Crippen LogP contribution in [0.1, 0.15) is 0 Å². The molecule has 0 saturated heterocycles. The Kier molecular flexibility index (Phi) is 2.84. The second-order valence-corrected chi connectivity index (χ2v) is 10.3. The quantitative estimate of drug-likeness (QED) is 0.212. The molecule has 7 heteroatoms. The molecule has 6 aromatic heterocycles. The lowest BCUT2D eigenvalue weighted by atomic mass is 10.1. The zero-order chi connectivity index (χ0) is 25.0. The van der Waals surface area contributed by atoms with Crippen LogP contribution in [0.3, 0.4) is 0 Å². The Morgan fingerprint density at radius 1 is 0.487 bits per heavy atom. The summed E-state index contributed by atoms with van der Waals surface area (Å²) in [5.41, 5.74) is 10.5. The highest BCUT2D eigenvalue weighted by molar-refractivity contribution is 6.19. The molecule has 39 heavy (non-hydrogen) atoms. The first kappa shape index (κ1) is 18.6. The molecule has 0 amide bonds. The standard InChI is InChI=1S/C32H15N5O2/c1-3-10-23-16(6-1)17-12-14-20-27(30(17)39-23)34-32-35(20)21-8-5-9-22-29(21)37(32)31-33-19-13-15-25-26(28(19)36(22)31)18-7-2-4-11-24(18)38-25/h1-15H. The molecule has 0 N–H and O–H groups in total. The number of hydrogen-bond donors (Lipinski definition) is 0. The maximum absolute atomic E-state index is 6.34. The summed E-state index contributed by atoms with van der Waals surface area (Å²) < 4.78 is 19.2. The van der Waals surface area contributed by atoms with Gasteiger partial charge in [0, 0.05) is 16.2 Å². The van der Waals surface area contributed by atoms with Crippen molar-refractivity contribution < 1.29 is 8.83 Å². The number of rotatable bonds is 0. The van der Waals surface area contributed by atoms with Crippen molar-refractivity contribution in [2.75, 3.05) is 0 Å². The summed E-state index contributed by atoms with van der Waals surface area (Å²) in [5, 5.41) is 4.35. The number of para-hydroxylation sites is 3. The van der Waals surface area contributed by atoms with Crippen LogP contribution in [0.2, 0.25) is 0 Å². The molecule has 0 aliphatic heterocycles. The molecule has 11 rings (SSSR count). The van der Waals surface area contributed by atoms with Gasteiger partial charge in [0.05, 0.1) is 33.0 Å². The summed E-state index contributed by atoms with van der Waals surface area (Å²) in [5.74, 6) is 1.66. The Bertz CT molecular complexity index is 2840. The van der Waals surface area contributed by atoms with E-state index >= 15 is 0 Å². The fraction of sp³-hybridized carbons (Fsp3) is 0. The summed E-state index contributed by atoms with van der Waals surface area (Å²) in [6, 6.07) is 31.2. The Balaban J connectivity index is 1.39. The number of nitrogens with zero attached hydrogens (tertiary/aromatic N) is 5. The lowest BCUT2D eigenvalue weighted by Gasteiger charge is -1.99. The van der Waals surface area contributed by atoms with Gasteiger partial charge in [-0.3, -0.25) is 8.80 Å². The summed E-state index contributed by atoms with van der Waals surface area (Å²) in [4.78, 5) is 10.4. The third-order valence-corrected chi connectivity index (χ3v) is 8.39. The molecule has 0 fully saturated rings. The minimum atomic E-state index is 0.813. The largest absolute Gasteiger partial charge is 0.456 e. The average molecular weight is 502 g/mol. The van der Waals surface area contributed by atoms with E-state index in [2.05, 4.69) is 61.7 Å². The fourth-order valence-electron chi connectivity index (χ4n) is 6.84. The van der Waals surface area contributed by atoms with E-state index in [1.54, 1.807) is 0 Å². The van der Waals surface area contributed by atoms with Gasteiger partial charge in [-0.05, 0) is 48.5 Å². The van der Waals surface area contributed by atoms with Crippen LogP contribution in [0.15, 0.2) is 99.8 Å². The van der Waals surface area contributed by atoms with Crippen LogP contribution < -0.4 is 0 Å². The number of fused-ring (bicyclic) bond motifs is 18. The van der Waals surface area contributed by atoms with Gasteiger partial charge in [-0.2, -0.15) is 0 Å². The van der Waals surface area contributed by atoms with Gasteiger partial charge in [-0.25, -0.2) is 14.4 Å². The van der Waals surface area contributed by atoms with E-state index in [0.717, 1.165) is 94.0 Å². The molecular weight excluding hydrogens is 486 g/mol. The zero-order valence-electron chi connectivity index (χ0n) is 20.2. The van der Waals surface area contributed by atoms with Crippen molar-refractivity contribution in [2.45, 2.75) is 0 Å². The molecular formula is C32H15N5O2. The zero-order valence-corrected chi connectivity index (χ0v) is 20.2. The number of benzene rings is 5. The van der Waals surface area contributed by atoms with Crippen molar-refractivity contribution >= 4 is 94.0 Å². The van der Waals surface area contributed by atoms with Crippen molar-refractivity contribution in [1.29, 1.82) is 0 Å². The minimum absolute atomic E-state index is 0.813. The van der Waals surface area contributed by atoms with Gasteiger partial charge >= 0.3 is 0 Å². The van der Waals surface area contributed by atoms with E-state index in [9.17, 15) is 0 Å². The maximum Gasteiger partial charge on any atom is 0.223 e. The SMILES string of the molecule is c1ccc2c(c1)oc1c2ccc2c1nc1n2c2cccc3c2n1c1nc2ccc4oc5ccccc5c4c2n31. The molecule has 0 aliphatic rings.